The van der Waals surface area contributed by atoms with E-state index in [9.17, 15) is 14.4 Å². The topological polar surface area (TPSA) is 83.7 Å². The molecular weight excluding hydrogens is 270 g/mol. The van der Waals surface area contributed by atoms with E-state index in [0.717, 1.165) is 6.42 Å². The third-order valence-corrected chi connectivity index (χ3v) is 3.95. The predicted molar refractivity (Wildman–Crippen MR) is 80.2 cm³/mol. The van der Waals surface area contributed by atoms with E-state index in [1.807, 2.05) is 27.7 Å². The van der Waals surface area contributed by atoms with Crippen LogP contribution in [0.15, 0.2) is 0 Å². The van der Waals surface area contributed by atoms with Crippen LogP contribution in [0.2, 0.25) is 0 Å². The number of primary amides is 1. The van der Waals surface area contributed by atoms with Crippen molar-refractivity contribution in [2.24, 2.45) is 11.7 Å². The molecule has 0 unspecified atom stereocenters. The van der Waals surface area contributed by atoms with Gasteiger partial charge in [-0.05, 0) is 33.6 Å². The average molecular weight is 297 g/mol. The Labute approximate surface area is 126 Å². The molecular formula is C15H27N3O3. The maximum atomic E-state index is 12.8. The quantitative estimate of drug-likeness (QED) is 0.812. The van der Waals surface area contributed by atoms with Gasteiger partial charge in [0.25, 0.3) is 0 Å². The van der Waals surface area contributed by atoms with E-state index < -0.39 is 18.0 Å². The van der Waals surface area contributed by atoms with Gasteiger partial charge in [0, 0.05) is 18.5 Å². The molecule has 1 aliphatic rings. The summed E-state index contributed by atoms with van der Waals surface area (Å²) in [5.41, 5.74) is 5.34. The fraction of sp³-hybridized carbons (Fsp3) is 0.800. The number of carbonyl (C=O) groups excluding carboxylic acids is 3. The Morgan fingerprint density at radius 3 is 2.14 bits per heavy atom. The molecule has 1 fully saturated rings. The lowest BCUT2D eigenvalue weighted by molar-refractivity contribution is -0.149. The van der Waals surface area contributed by atoms with Crippen LogP contribution in [0.1, 0.15) is 47.5 Å². The van der Waals surface area contributed by atoms with Crippen LogP contribution in [0, 0.1) is 5.92 Å². The molecule has 0 aromatic rings. The highest BCUT2D eigenvalue weighted by Gasteiger charge is 2.39. The number of likely N-dealkylation sites (tertiary alicyclic amines) is 1. The van der Waals surface area contributed by atoms with Crippen molar-refractivity contribution in [3.05, 3.63) is 0 Å². The molecule has 0 aromatic carbocycles. The van der Waals surface area contributed by atoms with Crippen LogP contribution in [-0.4, -0.2) is 52.2 Å². The Balaban J connectivity index is 2.98. The summed E-state index contributed by atoms with van der Waals surface area (Å²) >= 11 is 0. The summed E-state index contributed by atoms with van der Waals surface area (Å²) in [5.74, 6) is -0.861. The minimum atomic E-state index is -0.672. The molecule has 1 rings (SSSR count). The predicted octanol–water partition coefficient (Wildman–Crippen LogP) is 0.744. The molecule has 6 heteroatoms. The standard InChI is InChI=1S/C15H27N3O3/c1-9(2)14(20)17-8-6-7-12(17)15(21)18(10(3)4)11(5)13(16)19/h9-12H,6-8H2,1-5H3,(H2,16,19)/t11-,12+/m1/s1. The normalized spacial score (nSPS) is 20.0. The third kappa shape index (κ3) is 3.74. The molecule has 1 heterocycles. The van der Waals surface area contributed by atoms with E-state index in [1.165, 1.54) is 4.90 Å². The third-order valence-electron chi connectivity index (χ3n) is 3.95. The molecule has 21 heavy (non-hydrogen) atoms. The van der Waals surface area contributed by atoms with Crippen molar-refractivity contribution in [1.82, 2.24) is 9.80 Å². The van der Waals surface area contributed by atoms with E-state index in [0.29, 0.717) is 13.0 Å². The fourth-order valence-electron chi connectivity index (χ4n) is 2.82. The SMILES string of the molecule is CC(C)C(=O)N1CCC[C@H]1C(=O)N(C(C)C)[C@H](C)C(N)=O. The Hall–Kier alpha value is -1.59. The Bertz CT molecular complexity index is 420. The molecule has 1 aliphatic heterocycles. The Kier molecular flexibility index (Phi) is 5.75. The Morgan fingerprint density at radius 1 is 1.14 bits per heavy atom. The van der Waals surface area contributed by atoms with Gasteiger partial charge in [-0.3, -0.25) is 14.4 Å². The average Bonchev–Trinajstić information content (AvgIpc) is 2.85. The van der Waals surface area contributed by atoms with E-state index in [1.54, 1.807) is 11.8 Å². The van der Waals surface area contributed by atoms with Crippen molar-refractivity contribution >= 4 is 17.7 Å². The van der Waals surface area contributed by atoms with Crippen molar-refractivity contribution < 1.29 is 14.4 Å². The van der Waals surface area contributed by atoms with E-state index in [-0.39, 0.29) is 23.8 Å². The van der Waals surface area contributed by atoms with Crippen LogP contribution >= 0.6 is 0 Å². The fourth-order valence-corrected chi connectivity index (χ4v) is 2.82. The minimum absolute atomic E-state index is 0.0127. The molecule has 0 radical (unpaired) electrons. The van der Waals surface area contributed by atoms with Gasteiger partial charge in [0.05, 0.1) is 0 Å². The molecule has 2 N–H and O–H groups in total. The summed E-state index contributed by atoms with van der Waals surface area (Å²) < 4.78 is 0. The van der Waals surface area contributed by atoms with Crippen molar-refractivity contribution in [3.8, 4) is 0 Å². The van der Waals surface area contributed by atoms with E-state index in [4.69, 9.17) is 5.73 Å². The smallest absolute Gasteiger partial charge is 0.246 e. The molecule has 3 amide bonds. The van der Waals surface area contributed by atoms with Gasteiger partial charge in [0.15, 0.2) is 0 Å². The first-order valence-corrected chi connectivity index (χ1v) is 7.60. The summed E-state index contributed by atoms with van der Waals surface area (Å²) in [5, 5.41) is 0. The van der Waals surface area contributed by atoms with Gasteiger partial charge >= 0.3 is 0 Å². The van der Waals surface area contributed by atoms with Gasteiger partial charge in [-0.2, -0.15) is 0 Å². The summed E-state index contributed by atoms with van der Waals surface area (Å²) in [7, 11) is 0. The van der Waals surface area contributed by atoms with Crippen molar-refractivity contribution in [1.29, 1.82) is 0 Å². The van der Waals surface area contributed by atoms with Crippen LogP contribution in [-0.2, 0) is 14.4 Å². The van der Waals surface area contributed by atoms with Crippen molar-refractivity contribution in [2.75, 3.05) is 6.54 Å². The summed E-state index contributed by atoms with van der Waals surface area (Å²) in [6.07, 6.45) is 1.46. The number of amides is 3. The first-order chi connectivity index (χ1) is 9.68. The molecule has 120 valence electrons. The number of nitrogens with two attached hydrogens (primary N) is 1. The second-order valence-electron chi connectivity index (χ2n) is 6.26. The monoisotopic (exact) mass is 297 g/mol. The van der Waals surface area contributed by atoms with E-state index >= 15 is 0 Å². The van der Waals surface area contributed by atoms with Gasteiger partial charge in [-0.25, -0.2) is 0 Å². The number of hydrogen-bond acceptors (Lipinski definition) is 3. The lowest BCUT2D eigenvalue weighted by atomic mass is 10.1. The first-order valence-electron chi connectivity index (χ1n) is 7.60. The molecule has 1 saturated heterocycles. The zero-order valence-electron chi connectivity index (χ0n) is 13.6. The number of hydrogen-bond donors (Lipinski definition) is 1. The summed E-state index contributed by atoms with van der Waals surface area (Å²) in [6.45, 7) is 9.58. The molecule has 0 saturated carbocycles. The summed E-state index contributed by atoms with van der Waals surface area (Å²) in [6, 6.07) is -1.28. The molecule has 6 nitrogen and oxygen atoms in total. The second-order valence-corrected chi connectivity index (χ2v) is 6.26. The highest BCUT2D eigenvalue weighted by Crippen LogP contribution is 2.23. The number of rotatable bonds is 5. The second kappa shape index (κ2) is 6.91. The van der Waals surface area contributed by atoms with Crippen LogP contribution in [0.25, 0.3) is 0 Å². The van der Waals surface area contributed by atoms with Gasteiger partial charge in [-0.15, -0.1) is 0 Å². The molecule has 2 atom stereocenters. The molecule has 0 spiro atoms. The maximum absolute atomic E-state index is 12.8. The van der Waals surface area contributed by atoms with Crippen LogP contribution in [0.5, 0.6) is 0 Å². The highest BCUT2D eigenvalue weighted by atomic mass is 16.2. The minimum Gasteiger partial charge on any atom is -0.368 e. The molecule has 0 aliphatic carbocycles. The lowest BCUT2D eigenvalue weighted by Gasteiger charge is -2.36. The molecule has 0 bridgehead atoms. The van der Waals surface area contributed by atoms with Gasteiger partial charge in [0.1, 0.15) is 12.1 Å². The number of nitrogens with zero attached hydrogens (tertiary/aromatic N) is 2. The largest absolute Gasteiger partial charge is 0.368 e. The zero-order chi connectivity index (χ0) is 16.3. The van der Waals surface area contributed by atoms with Crippen LogP contribution in [0.3, 0.4) is 0 Å². The van der Waals surface area contributed by atoms with Gasteiger partial charge in [0.2, 0.25) is 17.7 Å². The zero-order valence-corrected chi connectivity index (χ0v) is 13.6. The van der Waals surface area contributed by atoms with Crippen molar-refractivity contribution in [3.63, 3.8) is 0 Å². The van der Waals surface area contributed by atoms with Gasteiger partial charge < -0.3 is 15.5 Å². The molecule has 0 aromatic heterocycles. The Morgan fingerprint density at radius 2 is 1.71 bits per heavy atom. The van der Waals surface area contributed by atoms with Crippen LogP contribution in [0.4, 0.5) is 0 Å². The maximum Gasteiger partial charge on any atom is 0.246 e. The van der Waals surface area contributed by atoms with Gasteiger partial charge in [-0.1, -0.05) is 13.8 Å². The first kappa shape index (κ1) is 17.5. The number of carbonyl (C=O) groups is 3. The summed E-state index contributed by atoms with van der Waals surface area (Å²) in [4.78, 5) is 39.6. The van der Waals surface area contributed by atoms with Crippen molar-refractivity contribution in [2.45, 2.75) is 65.6 Å². The lowest BCUT2D eigenvalue weighted by Crippen LogP contribution is -2.56. The van der Waals surface area contributed by atoms with E-state index in [2.05, 4.69) is 0 Å². The highest BCUT2D eigenvalue weighted by molar-refractivity contribution is 5.92. The van der Waals surface area contributed by atoms with Crippen LogP contribution < -0.4 is 5.73 Å².